The summed E-state index contributed by atoms with van der Waals surface area (Å²) in [5.74, 6) is -0.157. The molecule has 0 saturated heterocycles. The Kier molecular flexibility index (Phi) is 8.30. The van der Waals surface area contributed by atoms with E-state index in [0.29, 0.717) is 12.0 Å². The van der Waals surface area contributed by atoms with Gasteiger partial charge in [-0.25, -0.2) is 0 Å². The van der Waals surface area contributed by atoms with Gasteiger partial charge in [-0.15, -0.1) is 0 Å². The number of phenols is 1. The van der Waals surface area contributed by atoms with Gasteiger partial charge in [0.15, 0.2) is 0 Å². The molecule has 0 spiro atoms. The normalized spacial score (nSPS) is 14.0. The number of allylic oxidation sites excluding steroid dienone is 2. The smallest absolute Gasteiger partial charge is 0.247 e. The summed E-state index contributed by atoms with van der Waals surface area (Å²) in [5.41, 5.74) is 3.24. The van der Waals surface area contributed by atoms with E-state index in [-0.39, 0.29) is 36.6 Å². The zero-order chi connectivity index (χ0) is 26.2. The molecule has 3 aromatic rings. The first-order chi connectivity index (χ1) is 18.0. The van der Waals surface area contributed by atoms with E-state index < -0.39 is 6.04 Å². The van der Waals surface area contributed by atoms with Crippen LogP contribution in [-0.2, 0) is 16.0 Å². The molecule has 190 valence electrons. The lowest BCUT2D eigenvalue weighted by molar-refractivity contribution is -0.141. The molecule has 2 amide bonds. The summed E-state index contributed by atoms with van der Waals surface area (Å²) < 4.78 is 0. The van der Waals surface area contributed by atoms with Crippen molar-refractivity contribution in [3.8, 4) is 11.4 Å². The summed E-state index contributed by atoms with van der Waals surface area (Å²) in [6.45, 7) is 7.78. The Morgan fingerprint density at radius 1 is 1.08 bits per heavy atom. The maximum Gasteiger partial charge on any atom is 0.247 e. The second-order valence-corrected chi connectivity index (χ2v) is 8.91. The third-order valence-corrected chi connectivity index (χ3v) is 6.24. The second kappa shape index (κ2) is 12.0. The number of benzene rings is 2. The minimum absolute atomic E-state index is 0.0121. The van der Waals surface area contributed by atoms with E-state index in [4.69, 9.17) is 0 Å². The van der Waals surface area contributed by atoms with Gasteiger partial charge in [-0.05, 0) is 60.2 Å². The van der Waals surface area contributed by atoms with Gasteiger partial charge in [-0.2, -0.15) is 15.0 Å². The summed E-state index contributed by atoms with van der Waals surface area (Å²) in [5, 5.41) is 20.8. The van der Waals surface area contributed by atoms with E-state index in [1.807, 2.05) is 24.3 Å². The summed E-state index contributed by atoms with van der Waals surface area (Å²) in [6, 6.07) is 13.4. The summed E-state index contributed by atoms with van der Waals surface area (Å²) in [6.07, 6.45) is 10.8. The summed E-state index contributed by atoms with van der Waals surface area (Å²) >= 11 is 0. The van der Waals surface area contributed by atoms with Crippen LogP contribution < -0.4 is 5.32 Å². The number of aromatic hydroxyl groups is 1. The van der Waals surface area contributed by atoms with E-state index >= 15 is 0 Å². The molecule has 1 heterocycles. The molecule has 2 N–H and O–H groups in total. The topological polar surface area (TPSA) is 100 Å². The summed E-state index contributed by atoms with van der Waals surface area (Å²) in [4.78, 5) is 30.4. The fraction of sp³-hybridized carbons (Fsp3) is 0.241. The van der Waals surface area contributed by atoms with Gasteiger partial charge in [0.25, 0.3) is 0 Å². The minimum atomic E-state index is -0.783. The molecular weight excluding hydrogens is 466 g/mol. The first kappa shape index (κ1) is 25.6. The number of hydrogen-bond acceptors (Lipinski definition) is 5. The Morgan fingerprint density at radius 2 is 1.76 bits per heavy atom. The predicted octanol–water partition coefficient (Wildman–Crippen LogP) is 4.05. The lowest BCUT2D eigenvalue weighted by Crippen LogP contribution is -2.45. The third-order valence-electron chi connectivity index (χ3n) is 6.24. The maximum absolute atomic E-state index is 13.6. The molecule has 0 aliphatic heterocycles. The number of nitrogens with one attached hydrogen (secondary N) is 1. The average molecular weight is 498 g/mol. The standard InChI is InChI=1S/C29H31N5O3/c1-3-5-21(4-2)20-30-29(37)28(23-9-11-25(12-10-23)34-31-18-19-32-34)33(24-13-14-24)27(36)17-8-22-6-15-26(35)16-7-22/h3-7,9-12,15-16,18-19,24,28,35H,1-2,8,13-14,17,20H2,(H,30,37)/b21-5+. The number of amides is 2. The van der Waals surface area contributed by atoms with Crippen molar-refractivity contribution in [1.82, 2.24) is 25.2 Å². The number of phenolic OH excluding ortho intramolecular Hbond substituents is 1. The molecule has 1 aromatic heterocycles. The Hall–Kier alpha value is -4.46. The minimum Gasteiger partial charge on any atom is -0.508 e. The molecule has 1 aliphatic rings. The van der Waals surface area contributed by atoms with E-state index in [0.717, 1.165) is 29.7 Å². The number of carbonyl (C=O) groups is 2. The molecule has 4 rings (SSSR count). The molecule has 2 aromatic carbocycles. The maximum atomic E-state index is 13.6. The Balaban J connectivity index is 1.59. The fourth-order valence-corrected chi connectivity index (χ4v) is 4.17. The van der Waals surface area contributed by atoms with Gasteiger partial charge >= 0.3 is 0 Å². The number of aryl methyl sites for hydroxylation is 1. The van der Waals surface area contributed by atoms with E-state index in [1.165, 1.54) is 4.80 Å². The van der Waals surface area contributed by atoms with E-state index in [1.54, 1.807) is 59.8 Å². The first-order valence-corrected chi connectivity index (χ1v) is 12.3. The number of rotatable bonds is 12. The van der Waals surface area contributed by atoms with Gasteiger partial charge in [-0.3, -0.25) is 9.59 Å². The van der Waals surface area contributed by atoms with Gasteiger partial charge in [-0.1, -0.05) is 55.7 Å². The molecule has 0 radical (unpaired) electrons. The highest BCUT2D eigenvalue weighted by Gasteiger charge is 2.41. The van der Waals surface area contributed by atoms with Crippen LogP contribution in [0.25, 0.3) is 5.69 Å². The molecule has 8 heteroatoms. The van der Waals surface area contributed by atoms with Gasteiger partial charge in [0.2, 0.25) is 11.8 Å². The molecule has 37 heavy (non-hydrogen) atoms. The molecule has 1 aliphatic carbocycles. The molecule has 1 atom stereocenters. The lowest BCUT2D eigenvalue weighted by Gasteiger charge is -2.32. The van der Waals surface area contributed by atoms with Gasteiger partial charge in [0.05, 0.1) is 18.1 Å². The fourth-order valence-electron chi connectivity index (χ4n) is 4.17. The van der Waals surface area contributed by atoms with Crippen molar-refractivity contribution in [3.63, 3.8) is 0 Å². The quantitative estimate of drug-likeness (QED) is 0.368. The average Bonchev–Trinajstić information content (AvgIpc) is 3.60. The predicted molar refractivity (Wildman–Crippen MR) is 142 cm³/mol. The summed E-state index contributed by atoms with van der Waals surface area (Å²) in [7, 11) is 0. The van der Waals surface area contributed by atoms with Crippen molar-refractivity contribution in [2.24, 2.45) is 0 Å². The Labute approximate surface area is 216 Å². The van der Waals surface area contributed by atoms with Crippen molar-refractivity contribution >= 4 is 11.8 Å². The van der Waals surface area contributed by atoms with E-state index in [9.17, 15) is 14.7 Å². The number of carbonyl (C=O) groups excluding carboxylic acids is 2. The highest BCUT2D eigenvalue weighted by atomic mass is 16.3. The largest absolute Gasteiger partial charge is 0.508 e. The molecule has 1 saturated carbocycles. The lowest BCUT2D eigenvalue weighted by atomic mass is 10.0. The Bertz CT molecular complexity index is 1260. The highest BCUT2D eigenvalue weighted by molar-refractivity contribution is 5.89. The van der Waals surface area contributed by atoms with Gasteiger partial charge < -0.3 is 15.3 Å². The van der Waals surface area contributed by atoms with Crippen molar-refractivity contribution in [1.29, 1.82) is 0 Å². The van der Waals surface area contributed by atoms with Gasteiger partial charge in [0.1, 0.15) is 11.8 Å². The van der Waals surface area contributed by atoms with Crippen LogP contribution in [0.2, 0.25) is 0 Å². The van der Waals surface area contributed by atoms with Crippen LogP contribution in [-0.4, -0.2) is 49.4 Å². The van der Waals surface area contributed by atoms with Crippen LogP contribution >= 0.6 is 0 Å². The third kappa shape index (κ3) is 6.61. The van der Waals surface area contributed by atoms with E-state index in [2.05, 4.69) is 28.7 Å². The van der Waals surface area contributed by atoms with Crippen LogP contribution in [0.3, 0.4) is 0 Å². The molecule has 8 nitrogen and oxygen atoms in total. The molecule has 1 fully saturated rings. The number of aromatic nitrogens is 3. The highest BCUT2D eigenvalue weighted by Crippen LogP contribution is 2.36. The van der Waals surface area contributed by atoms with Crippen molar-refractivity contribution in [2.75, 3.05) is 6.54 Å². The SMILES string of the molecule is C=C/C=C(\C=C)CNC(=O)C(c1ccc(-n2nccn2)cc1)N(C(=O)CCc1ccc(O)cc1)C1CC1. The van der Waals surface area contributed by atoms with Crippen LogP contribution in [0, 0.1) is 0 Å². The first-order valence-electron chi connectivity index (χ1n) is 12.3. The van der Waals surface area contributed by atoms with Crippen LogP contribution in [0.1, 0.15) is 36.4 Å². The van der Waals surface area contributed by atoms with Crippen molar-refractivity contribution in [3.05, 3.63) is 109 Å². The monoisotopic (exact) mass is 497 g/mol. The number of hydrogen-bond donors (Lipinski definition) is 2. The van der Waals surface area contributed by atoms with Crippen molar-refractivity contribution in [2.45, 2.75) is 37.8 Å². The van der Waals surface area contributed by atoms with Crippen molar-refractivity contribution < 1.29 is 14.7 Å². The molecule has 1 unspecified atom stereocenters. The Morgan fingerprint density at radius 3 is 2.35 bits per heavy atom. The molecule has 0 bridgehead atoms. The number of nitrogens with zero attached hydrogens (tertiary/aromatic N) is 4. The van der Waals surface area contributed by atoms with Gasteiger partial charge in [0, 0.05) is 19.0 Å². The van der Waals surface area contributed by atoms with Crippen LogP contribution in [0.4, 0.5) is 0 Å². The zero-order valence-corrected chi connectivity index (χ0v) is 20.7. The molecular formula is C29H31N5O3. The van der Waals surface area contributed by atoms with Crippen LogP contribution in [0.15, 0.2) is 97.9 Å². The second-order valence-electron chi connectivity index (χ2n) is 8.91. The zero-order valence-electron chi connectivity index (χ0n) is 20.7. The van der Waals surface area contributed by atoms with Crippen LogP contribution in [0.5, 0.6) is 5.75 Å².